The highest BCUT2D eigenvalue weighted by Gasteiger charge is 2.58. The number of hydrogen-bond donors (Lipinski definition) is 3. The Kier molecular flexibility index (Phi) is 4.73. The zero-order valence-electron chi connectivity index (χ0n) is 17.2. The fourth-order valence-electron chi connectivity index (χ4n) is 5.03. The number of amides is 2. The molecule has 0 saturated heterocycles. The van der Waals surface area contributed by atoms with Gasteiger partial charge in [0.15, 0.2) is 0 Å². The quantitative estimate of drug-likeness (QED) is 0.736. The zero-order chi connectivity index (χ0) is 21.7. The van der Waals surface area contributed by atoms with Gasteiger partial charge in [0.25, 0.3) is 0 Å². The number of benzene rings is 2. The summed E-state index contributed by atoms with van der Waals surface area (Å²) in [6.07, 6.45) is 0. The Morgan fingerprint density at radius 3 is 2.17 bits per heavy atom. The number of phenolic OH excluding ortho intramolecular Hbond substituents is 2. The van der Waals surface area contributed by atoms with Gasteiger partial charge in [-0.3, -0.25) is 9.59 Å². The minimum atomic E-state index is -1.07. The summed E-state index contributed by atoms with van der Waals surface area (Å²) in [5.41, 5.74) is 5.34. The lowest BCUT2D eigenvalue weighted by molar-refractivity contribution is -0.127. The number of nitrogens with two attached hydrogens (primary N) is 1. The molecule has 0 aliphatic carbocycles. The first-order valence-corrected chi connectivity index (χ1v) is 9.27. The van der Waals surface area contributed by atoms with Crippen LogP contribution in [0.3, 0.4) is 0 Å². The Hall–Kier alpha value is -3.22. The summed E-state index contributed by atoms with van der Waals surface area (Å²) >= 11 is 0. The number of carbonyl (C=O) groups is 2. The van der Waals surface area contributed by atoms with Crippen LogP contribution in [0.15, 0.2) is 36.4 Å². The van der Waals surface area contributed by atoms with Crippen LogP contribution in [0.25, 0.3) is 0 Å². The SMILES string of the molecule is COc1cc(O)c2c(c1)N(C(C)=O)C(C)(C)C(C(N)=O)C2(C)c1ccc(O)cc1. The molecular formula is C22H26N2O5. The van der Waals surface area contributed by atoms with Crippen LogP contribution < -0.4 is 15.4 Å². The third-order valence-electron chi connectivity index (χ3n) is 5.99. The van der Waals surface area contributed by atoms with Gasteiger partial charge in [-0.2, -0.15) is 0 Å². The second-order valence-electron chi connectivity index (χ2n) is 8.13. The van der Waals surface area contributed by atoms with E-state index in [1.807, 2.05) is 6.92 Å². The van der Waals surface area contributed by atoms with E-state index in [0.29, 0.717) is 22.6 Å². The number of rotatable bonds is 3. The van der Waals surface area contributed by atoms with Crippen molar-refractivity contribution in [2.24, 2.45) is 11.7 Å². The molecule has 29 heavy (non-hydrogen) atoms. The fraction of sp³-hybridized carbons (Fsp3) is 0.364. The maximum Gasteiger partial charge on any atom is 0.224 e. The molecule has 2 atom stereocenters. The second-order valence-corrected chi connectivity index (χ2v) is 8.13. The molecule has 7 heteroatoms. The van der Waals surface area contributed by atoms with Crippen molar-refractivity contribution in [2.75, 3.05) is 12.0 Å². The average molecular weight is 398 g/mol. The Morgan fingerprint density at radius 1 is 1.10 bits per heavy atom. The number of ether oxygens (including phenoxy) is 1. The summed E-state index contributed by atoms with van der Waals surface area (Å²) in [6, 6.07) is 9.54. The molecule has 1 aliphatic rings. The normalized spacial score (nSPS) is 22.7. The number of anilines is 1. The van der Waals surface area contributed by atoms with E-state index in [-0.39, 0.29) is 17.4 Å². The molecule has 3 rings (SSSR count). The van der Waals surface area contributed by atoms with Crippen LogP contribution in [-0.2, 0) is 15.0 Å². The summed E-state index contributed by atoms with van der Waals surface area (Å²) in [5.74, 6) is -1.40. The van der Waals surface area contributed by atoms with Gasteiger partial charge in [0.05, 0.1) is 24.3 Å². The number of hydrogen-bond acceptors (Lipinski definition) is 5. The summed E-state index contributed by atoms with van der Waals surface area (Å²) < 4.78 is 5.30. The van der Waals surface area contributed by atoms with Gasteiger partial charge in [-0.05, 0) is 31.5 Å². The van der Waals surface area contributed by atoms with E-state index < -0.39 is 22.8 Å². The first-order valence-electron chi connectivity index (χ1n) is 9.27. The lowest BCUT2D eigenvalue weighted by Crippen LogP contribution is -2.65. The van der Waals surface area contributed by atoms with Crippen LogP contribution in [0.2, 0.25) is 0 Å². The van der Waals surface area contributed by atoms with Gasteiger partial charge in [0.2, 0.25) is 11.8 Å². The molecule has 1 heterocycles. The van der Waals surface area contributed by atoms with E-state index in [0.717, 1.165) is 0 Å². The molecule has 154 valence electrons. The average Bonchev–Trinajstić information content (AvgIpc) is 2.59. The van der Waals surface area contributed by atoms with Gasteiger partial charge in [-0.15, -0.1) is 0 Å². The lowest BCUT2D eigenvalue weighted by atomic mass is 9.57. The van der Waals surface area contributed by atoms with E-state index in [1.165, 1.54) is 37.1 Å². The number of methoxy groups -OCH3 is 1. The predicted molar refractivity (Wildman–Crippen MR) is 109 cm³/mol. The van der Waals surface area contributed by atoms with Crippen LogP contribution in [0.5, 0.6) is 17.2 Å². The minimum Gasteiger partial charge on any atom is -0.508 e. The van der Waals surface area contributed by atoms with Crippen LogP contribution in [0.4, 0.5) is 5.69 Å². The first-order chi connectivity index (χ1) is 13.5. The van der Waals surface area contributed by atoms with E-state index >= 15 is 0 Å². The molecule has 2 unspecified atom stereocenters. The number of fused-ring (bicyclic) bond motifs is 1. The highest BCUT2D eigenvalue weighted by Crippen LogP contribution is 2.57. The molecule has 0 radical (unpaired) electrons. The first kappa shape index (κ1) is 20.5. The molecule has 0 aromatic heterocycles. The van der Waals surface area contributed by atoms with Crippen LogP contribution >= 0.6 is 0 Å². The van der Waals surface area contributed by atoms with E-state index in [9.17, 15) is 19.8 Å². The Morgan fingerprint density at radius 2 is 1.69 bits per heavy atom. The largest absolute Gasteiger partial charge is 0.508 e. The maximum absolute atomic E-state index is 12.8. The number of carbonyl (C=O) groups excluding carboxylic acids is 2. The number of primary amides is 1. The van der Waals surface area contributed by atoms with Crippen LogP contribution in [0.1, 0.15) is 38.8 Å². The summed E-state index contributed by atoms with van der Waals surface area (Å²) in [4.78, 5) is 26.9. The van der Waals surface area contributed by atoms with Crippen molar-refractivity contribution in [1.29, 1.82) is 0 Å². The van der Waals surface area contributed by atoms with Gasteiger partial charge in [-0.1, -0.05) is 19.1 Å². The molecule has 2 aromatic rings. The van der Waals surface area contributed by atoms with Crippen molar-refractivity contribution >= 4 is 17.5 Å². The third kappa shape index (κ3) is 2.88. The second kappa shape index (κ2) is 6.69. The number of aromatic hydroxyl groups is 2. The molecule has 4 N–H and O–H groups in total. The van der Waals surface area contributed by atoms with E-state index in [4.69, 9.17) is 10.5 Å². The number of nitrogens with zero attached hydrogens (tertiary/aromatic N) is 1. The predicted octanol–water partition coefficient (Wildman–Crippen LogP) is 2.66. The highest BCUT2D eigenvalue weighted by atomic mass is 16.5. The van der Waals surface area contributed by atoms with E-state index in [1.54, 1.807) is 32.0 Å². The van der Waals surface area contributed by atoms with Gasteiger partial charge < -0.3 is 25.6 Å². The van der Waals surface area contributed by atoms with Gasteiger partial charge >= 0.3 is 0 Å². The summed E-state index contributed by atoms with van der Waals surface area (Å²) in [6.45, 7) is 6.78. The monoisotopic (exact) mass is 398 g/mol. The molecule has 2 amide bonds. The topological polar surface area (TPSA) is 113 Å². The van der Waals surface area contributed by atoms with Gasteiger partial charge in [0, 0.05) is 30.0 Å². The van der Waals surface area contributed by atoms with Crippen molar-refractivity contribution in [2.45, 2.75) is 38.6 Å². The van der Waals surface area contributed by atoms with Gasteiger partial charge in [-0.25, -0.2) is 0 Å². The summed E-state index contributed by atoms with van der Waals surface area (Å²) in [7, 11) is 1.47. The molecule has 0 bridgehead atoms. The Labute approximate surface area is 169 Å². The molecule has 0 saturated carbocycles. The van der Waals surface area contributed by atoms with Crippen molar-refractivity contribution in [3.63, 3.8) is 0 Å². The van der Waals surface area contributed by atoms with Crippen molar-refractivity contribution in [3.05, 3.63) is 47.5 Å². The van der Waals surface area contributed by atoms with Crippen LogP contribution in [0, 0.1) is 5.92 Å². The van der Waals surface area contributed by atoms with E-state index in [2.05, 4.69) is 0 Å². The molecule has 1 aliphatic heterocycles. The highest BCUT2D eigenvalue weighted by molar-refractivity contribution is 5.99. The molecular weight excluding hydrogens is 372 g/mol. The third-order valence-corrected chi connectivity index (χ3v) is 5.99. The lowest BCUT2D eigenvalue weighted by Gasteiger charge is -2.55. The molecule has 7 nitrogen and oxygen atoms in total. The minimum absolute atomic E-state index is 0.0765. The Balaban J connectivity index is 2.49. The van der Waals surface area contributed by atoms with Crippen molar-refractivity contribution in [3.8, 4) is 17.2 Å². The zero-order valence-corrected chi connectivity index (χ0v) is 17.2. The van der Waals surface area contributed by atoms with Crippen LogP contribution in [-0.4, -0.2) is 34.7 Å². The smallest absolute Gasteiger partial charge is 0.224 e. The molecule has 0 spiro atoms. The molecule has 0 fully saturated rings. The van der Waals surface area contributed by atoms with Crippen molar-refractivity contribution in [1.82, 2.24) is 0 Å². The van der Waals surface area contributed by atoms with Gasteiger partial charge in [0.1, 0.15) is 17.2 Å². The maximum atomic E-state index is 12.8. The fourth-order valence-corrected chi connectivity index (χ4v) is 5.03. The Bertz CT molecular complexity index is 983. The standard InChI is InChI=1S/C22H26N2O5/c1-12(25)24-16-10-15(29-5)11-17(27)18(16)22(4,13-6-8-14(26)9-7-13)19(20(23)28)21(24,2)3/h6-11,19,26-27H,1-5H3,(H2,23,28). The van der Waals surface area contributed by atoms with Crippen molar-refractivity contribution < 1.29 is 24.5 Å². The number of phenols is 2. The molecule has 2 aromatic carbocycles. The summed E-state index contributed by atoms with van der Waals surface area (Å²) in [5, 5.41) is 20.7.